The molecule has 0 bridgehead atoms. The second-order valence-corrected chi connectivity index (χ2v) is 6.93. The highest BCUT2D eigenvalue weighted by molar-refractivity contribution is 6.09. The third kappa shape index (κ3) is 4.19. The summed E-state index contributed by atoms with van der Waals surface area (Å²) < 4.78 is 13.7. The maximum absolute atomic E-state index is 13.7. The van der Waals surface area contributed by atoms with Crippen molar-refractivity contribution >= 4 is 23.4 Å². The van der Waals surface area contributed by atoms with Gasteiger partial charge in [-0.15, -0.1) is 0 Å². The van der Waals surface area contributed by atoms with E-state index in [1.807, 2.05) is 0 Å². The zero-order valence-electron chi connectivity index (χ0n) is 15.6. The van der Waals surface area contributed by atoms with Crippen molar-refractivity contribution in [1.82, 2.24) is 4.90 Å². The van der Waals surface area contributed by atoms with Crippen molar-refractivity contribution in [2.45, 2.75) is 19.8 Å². The molecule has 2 aromatic rings. The number of benzene rings is 2. The van der Waals surface area contributed by atoms with Gasteiger partial charge < -0.3 is 16.0 Å². The molecule has 1 fully saturated rings. The lowest BCUT2D eigenvalue weighted by Gasteiger charge is -2.31. The summed E-state index contributed by atoms with van der Waals surface area (Å²) in [6.45, 7) is 2.47. The zero-order chi connectivity index (χ0) is 20.3. The Hall–Kier alpha value is -3.22. The van der Waals surface area contributed by atoms with Crippen LogP contribution in [-0.2, 0) is 4.79 Å². The number of nitrogens with zero attached hydrogens (tertiary/aromatic N) is 1. The Morgan fingerprint density at radius 2 is 1.79 bits per heavy atom. The Labute approximate surface area is 162 Å². The van der Waals surface area contributed by atoms with Crippen LogP contribution < -0.4 is 11.1 Å². The van der Waals surface area contributed by atoms with Crippen LogP contribution in [0.2, 0.25) is 0 Å². The van der Waals surface area contributed by atoms with Gasteiger partial charge in [0.05, 0.1) is 11.3 Å². The minimum absolute atomic E-state index is 0.174. The maximum atomic E-state index is 13.7. The first kappa shape index (κ1) is 19.5. The molecule has 0 atom stereocenters. The molecule has 0 radical (unpaired) electrons. The van der Waals surface area contributed by atoms with Gasteiger partial charge in [-0.3, -0.25) is 14.4 Å². The van der Waals surface area contributed by atoms with Gasteiger partial charge in [-0.2, -0.15) is 0 Å². The summed E-state index contributed by atoms with van der Waals surface area (Å²) in [6, 6.07) is 10.9. The standard InChI is InChI=1S/C21H22FN3O3/c1-13-6-7-15(12-17(13)22)20(27)24-18-5-3-2-4-16(18)21(28)25-10-8-14(9-11-25)19(23)26/h2-7,12,14H,8-11H2,1H3,(H2,23,26)(H,24,27). The molecule has 6 nitrogen and oxygen atoms in total. The van der Waals surface area contributed by atoms with Crippen molar-refractivity contribution in [2.24, 2.45) is 11.7 Å². The third-order valence-electron chi connectivity index (χ3n) is 5.02. The Morgan fingerprint density at radius 1 is 1.11 bits per heavy atom. The Balaban J connectivity index is 1.75. The average molecular weight is 383 g/mol. The first-order valence-electron chi connectivity index (χ1n) is 9.12. The fraction of sp³-hybridized carbons (Fsp3) is 0.286. The molecule has 3 amide bonds. The number of piperidine rings is 1. The van der Waals surface area contributed by atoms with Crippen LogP contribution in [0.5, 0.6) is 0 Å². The number of carbonyl (C=O) groups is 3. The molecule has 0 spiro atoms. The first-order valence-corrected chi connectivity index (χ1v) is 9.12. The van der Waals surface area contributed by atoms with Crippen LogP contribution in [0, 0.1) is 18.7 Å². The number of para-hydroxylation sites is 1. The number of anilines is 1. The predicted octanol–water partition coefficient (Wildman–Crippen LogP) is 2.72. The quantitative estimate of drug-likeness (QED) is 0.850. The molecule has 0 unspecified atom stereocenters. The Kier molecular flexibility index (Phi) is 5.73. The van der Waals surface area contributed by atoms with Crippen LogP contribution in [0.1, 0.15) is 39.1 Å². The maximum Gasteiger partial charge on any atom is 0.255 e. The number of hydrogen-bond acceptors (Lipinski definition) is 3. The summed E-state index contributed by atoms with van der Waals surface area (Å²) in [6.07, 6.45) is 1.05. The van der Waals surface area contributed by atoms with E-state index < -0.39 is 11.7 Å². The van der Waals surface area contributed by atoms with E-state index in [-0.39, 0.29) is 23.3 Å². The Bertz CT molecular complexity index is 921. The lowest BCUT2D eigenvalue weighted by Crippen LogP contribution is -2.42. The lowest BCUT2D eigenvalue weighted by atomic mass is 9.95. The minimum Gasteiger partial charge on any atom is -0.369 e. The summed E-state index contributed by atoms with van der Waals surface area (Å²) in [4.78, 5) is 38.4. The van der Waals surface area contributed by atoms with Gasteiger partial charge >= 0.3 is 0 Å². The molecule has 146 valence electrons. The van der Waals surface area contributed by atoms with Crippen molar-refractivity contribution in [3.63, 3.8) is 0 Å². The van der Waals surface area contributed by atoms with Gasteiger partial charge in [-0.1, -0.05) is 18.2 Å². The van der Waals surface area contributed by atoms with Crippen LogP contribution in [0.15, 0.2) is 42.5 Å². The van der Waals surface area contributed by atoms with Gasteiger partial charge in [-0.25, -0.2) is 4.39 Å². The van der Waals surface area contributed by atoms with E-state index in [4.69, 9.17) is 5.73 Å². The number of amides is 3. The van der Waals surface area contributed by atoms with Gasteiger partial charge in [0.15, 0.2) is 0 Å². The van der Waals surface area contributed by atoms with Crippen molar-refractivity contribution in [2.75, 3.05) is 18.4 Å². The second kappa shape index (κ2) is 8.21. The summed E-state index contributed by atoms with van der Waals surface area (Å²) >= 11 is 0. The van der Waals surface area contributed by atoms with Crippen molar-refractivity contribution in [3.8, 4) is 0 Å². The minimum atomic E-state index is -0.494. The third-order valence-corrected chi connectivity index (χ3v) is 5.02. The predicted molar refractivity (Wildman–Crippen MR) is 103 cm³/mol. The van der Waals surface area contributed by atoms with Crippen molar-refractivity contribution < 1.29 is 18.8 Å². The van der Waals surface area contributed by atoms with E-state index in [1.165, 1.54) is 18.2 Å². The molecular formula is C21H22FN3O3. The smallest absolute Gasteiger partial charge is 0.255 e. The van der Waals surface area contributed by atoms with E-state index in [9.17, 15) is 18.8 Å². The van der Waals surface area contributed by atoms with Gasteiger partial charge in [-0.05, 0) is 49.6 Å². The highest BCUT2D eigenvalue weighted by Crippen LogP contribution is 2.23. The number of carbonyl (C=O) groups excluding carboxylic acids is 3. The normalized spacial score (nSPS) is 14.6. The molecule has 1 heterocycles. The van der Waals surface area contributed by atoms with Gasteiger partial charge in [0, 0.05) is 24.6 Å². The van der Waals surface area contributed by atoms with Gasteiger partial charge in [0.25, 0.3) is 11.8 Å². The number of halogens is 1. The molecule has 1 saturated heterocycles. The SMILES string of the molecule is Cc1ccc(C(=O)Nc2ccccc2C(=O)N2CCC(C(N)=O)CC2)cc1F. The van der Waals surface area contributed by atoms with Crippen molar-refractivity contribution in [1.29, 1.82) is 0 Å². The number of primary amides is 1. The fourth-order valence-electron chi connectivity index (χ4n) is 3.24. The number of nitrogens with one attached hydrogen (secondary N) is 1. The molecule has 1 aliphatic heterocycles. The number of aryl methyl sites for hydroxylation is 1. The monoisotopic (exact) mass is 383 g/mol. The molecule has 7 heteroatoms. The molecule has 3 N–H and O–H groups in total. The zero-order valence-corrected chi connectivity index (χ0v) is 15.6. The van der Waals surface area contributed by atoms with Crippen LogP contribution in [0.3, 0.4) is 0 Å². The van der Waals surface area contributed by atoms with Crippen LogP contribution >= 0.6 is 0 Å². The highest BCUT2D eigenvalue weighted by atomic mass is 19.1. The molecule has 0 aliphatic carbocycles. The van der Waals surface area contributed by atoms with E-state index >= 15 is 0 Å². The Morgan fingerprint density at radius 3 is 2.43 bits per heavy atom. The topological polar surface area (TPSA) is 92.5 Å². The summed E-state index contributed by atoms with van der Waals surface area (Å²) in [5.74, 6) is -1.74. The second-order valence-electron chi connectivity index (χ2n) is 6.93. The van der Waals surface area contributed by atoms with Gasteiger partial charge in [0.1, 0.15) is 5.82 Å². The molecule has 3 rings (SSSR count). The number of nitrogens with two attached hydrogens (primary N) is 1. The molecule has 0 aromatic heterocycles. The van der Waals surface area contributed by atoms with Crippen LogP contribution in [-0.4, -0.2) is 35.7 Å². The number of hydrogen-bond donors (Lipinski definition) is 2. The average Bonchev–Trinajstić information content (AvgIpc) is 2.70. The highest BCUT2D eigenvalue weighted by Gasteiger charge is 2.27. The number of likely N-dealkylation sites (tertiary alicyclic amines) is 1. The van der Waals surface area contributed by atoms with Gasteiger partial charge in [0.2, 0.25) is 5.91 Å². The summed E-state index contributed by atoms with van der Waals surface area (Å²) in [7, 11) is 0. The first-order chi connectivity index (χ1) is 13.4. The molecular weight excluding hydrogens is 361 g/mol. The number of rotatable bonds is 4. The molecule has 0 saturated carbocycles. The van der Waals surface area contributed by atoms with Crippen LogP contribution in [0.25, 0.3) is 0 Å². The van der Waals surface area contributed by atoms with E-state index in [2.05, 4.69) is 5.32 Å². The van der Waals surface area contributed by atoms with E-state index in [1.54, 1.807) is 36.1 Å². The lowest BCUT2D eigenvalue weighted by molar-refractivity contribution is -0.123. The van der Waals surface area contributed by atoms with E-state index in [0.717, 1.165) is 0 Å². The summed E-state index contributed by atoms with van der Waals surface area (Å²) in [5, 5.41) is 2.69. The molecule has 28 heavy (non-hydrogen) atoms. The largest absolute Gasteiger partial charge is 0.369 e. The molecule has 1 aliphatic rings. The molecule has 2 aromatic carbocycles. The summed E-state index contributed by atoms with van der Waals surface area (Å²) in [5.41, 5.74) is 6.67. The fourth-order valence-corrected chi connectivity index (χ4v) is 3.24. The van der Waals surface area contributed by atoms with Crippen molar-refractivity contribution in [3.05, 3.63) is 65.0 Å². The van der Waals surface area contributed by atoms with E-state index in [0.29, 0.717) is 42.7 Å². The van der Waals surface area contributed by atoms with Crippen LogP contribution in [0.4, 0.5) is 10.1 Å².